The van der Waals surface area contributed by atoms with Gasteiger partial charge in [0.25, 0.3) is 0 Å². The molecule has 0 saturated carbocycles. The average Bonchev–Trinajstić information content (AvgIpc) is 2.88. The largest absolute Gasteiger partial charge is 0.486 e. The van der Waals surface area contributed by atoms with Crippen molar-refractivity contribution in [2.45, 2.75) is 13.2 Å². The first-order valence-corrected chi connectivity index (χ1v) is 6.84. The van der Waals surface area contributed by atoms with E-state index >= 15 is 0 Å². The molecule has 0 aliphatic carbocycles. The number of rotatable bonds is 4. The molecule has 0 fully saturated rings. The summed E-state index contributed by atoms with van der Waals surface area (Å²) < 4.78 is 6.86. The van der Waals surface area contributed by atoms with Gasteiger partial charge in [0.15, 0.2) is 0 Å². The van der Waals surface area contributed by atoms with Crippen LogP contribution in [0.2, 0.25) is 0 Å². The van der Waals surface area contributed by atoms with Gasteiger partial charge in [-0.05, 0) is 29.8 Å². The maximum absolute atomic E-state index is 8.97. The fourth-order valence-corrected chi connectivity index (χ4v) is 2.70. The van der Waals surface area contributed by atoms with E-state index in [1.54, 1.807) is 11.3 Å². The molecule has 1 heterocycles. The van der Waals surface area contributed by atoms with Crippen molar-refractivity contribution in [2.24, 2.45) is 0 Å². The third kappa shape index (κ3) is 2.75. The van der Waals surface area contributed by atoms with Crippen LogP contribution < -0.4 is 4.74 Å². The van der Waals surface area contributed by atoms with Crippen LogP contribution in [0.1, 0.15) is 10.6 Å². The maximum Gasteiger partial charge on any atom is 0.140 e. The van der Waals surface area contributed by atoms with E-state index in [0.29, 0.717) is 6.61 Å². The summed E-state index contributed by atoms with van der Waals surface area (Å²) in [6.07, 6.45) is 0. The summed E-state index contributed by atoms with van der Waals surface area (Å²) in [5.74, 6) is 0.788. The molecule has 96 valence electrons. The third-order valence-electron chi connectivity index (χ3n) is 2.81. The quantitative estimate of drug-likeness (QED) is 0.791. The molecule has 3 nitrogen and oxygen atoms in total. The highest BCUT2D eigenvalue weighted by Gasteiger charge is 2.03. The monoisotopic (exact) mass is 271 g/mol. The zero-order chi connectivity index (χ0) is 13.1. The van der Waals surface area contributed by atoms with Gasteiger partial charge in [0.2, 0.25) is 0 Å². The number of aliphatic hydroxyl groups excluding tert-OH is 1. The number of thiazole rings is 1. The summed E-state index contributed by atoms with van der Waals surface area (Å²) in [6, 6.07) is 15.5. The zero-order valence-electron chi connectivity index (χ0n) is 10.2. The molecule has 1 N–H and O–H groups in total. The molecule has 3 aromatic rings. The van der Waals surface area contributed by atoms with Crippen molar-refractivity contribution >= 4 is 21.6 Å². The lowest BCUT2D eigenvalue weighted by molar-refractivity contribution is 0.280. The Morgan fingerprint density at radius 2 is 1.84 bits per heavy atom. The number of aromatic nitrogens is 1. The van der Waals surface area contributed by atoms with Gasteiger partial charge in [-0.25, -0.2) is 4.98 Å². The van der Waals surface area contributed by atoms with E-state index in [4.69, 9.17) is 9.84 Å². The van der Waals surface area contributed by atoms with Gasteiger partial charge in [0, 0.05) is 0 Å². The summed E-state index contributed by atoms with van der Waals surface area (Å²) in [7, 11) is 0. The van der Waals surface area contributed by atoms with Crippen molar-refractivity contribution in [3.63, 3.8) is 0 Å². The molecule has 0 bridgehead atoms. The van der Waals surface area contributed by atoms with Crippen LogP contribution in [0, 0.1) is 0 Å². The van der Waals surface area contributed by atoms with Gasteiger partial charge in [-0.15, -0.1) is 11.3 Å². The molecule has 0 aliphatic rings. The molecule has 19 heavy (non-hydrogen) atoms. The second-order valence-electron chi connectivity index (χ2n) is 4.17. The number of nitrogens with zero attached hydrogens (tertiary/aromatic N) is 1. The Bertz CT molecular complexity index is 643. The molecule has 2 aromatic carbocycles. The number of aliphatic hydroxyl groups is 1. The molecule has 0 radical (unpaired) electrons. The molecule has 0 aliphatic heterocycles. The van der Waals surface area contributed by atoms with E-state index in [2.05, 4.69) is 11.1 Å². The molecule has 0 unspecified atom stereocenters. The molecular weight excluding hydrogens is 258 g/mol. The van der Waals surface area contributed by atoms with Crippen LogP contribution in [0.25, 0.3) is 10.2 Å². The summed E-state index contributed by atoms with van der Waals surface area (Å²) in [6.45, 7) is 0.524. The van der Waals surface area contributed by atoms with Gasteiger partial charge in [0.1, 0.15) is 17.4 Å². The average molecular weight is 271 g/mol. The minimum absolute atomic E-state index is 0.0537. The number of ether oxygens (including phenoxy) is 1. The summed E-state index contributed by atoms with van der Waals surface area (Å²) >= 11 is 1.65. The Hall–Kier alpha value is -1.91. The predicted molar refractivity (Wildman–Crippen MR) is 76.3 cm³/mol. The predicted octanol–water partition coefficient (Wildman–Crippen LogP) is 3.37. The van der Waals surface area contributed by atoms with Crippen molar-refractivity contribution < 1.29 is 9.84 Å². The lowest BCUT2D eigenvalue weighted by Crippen LogP contribution is -1.94. The first-order chi connectivity index (χ1) is 9.35. The summed E-state index contributed by atoms with van der Waals surface area (Å²) in [5.41, 5.74) is 1.90. The van der Waals surface area contributed by atoms with Crippen LogP contribution in [0.4, 0.5) is 0 Å². The first kappa shape index (κ1) is 12.1. The second-order valence-corrected chi connectivity index (χ2v) is 5.28. The third-order valence-corrected chi connectivity index (χ3v) is 3.82. The summed E-state index contributed by atoms with van der Waals surface area (Å²) in [5, 5.41) is 9.93. The van der Waals surface area contributed by atoms with Crippen LogP contribution in [0.5, 0.6) is 5.75 Å². The maximum atomic E-state index is 8.97. The smallest absolute Gasteiger partial charge is 0.140 e. The zero-order valence-corrected chi connectivity index (χ0v) is 11.1. The lowest BCUT2D eigenvalue weighted by atomic mass is 10.2. The lowest BCUT2D eigenvalue weighted by Gasteiger charge is -2.04. The normalized spacial score (nSPS) is 10.8. The van der Waals surface area contributed by atoms with Gasteiger partial charge in [-0.3, -0.25) is 0 Å². The van der Waals surface area contributed by atoms with E-state index in [9.17, 15) is 0 Å². The van der Waals surface area contributed by atoms with E-state index in [-0.39, 0.29) is 6.61 Å². The van der Waals surface area contributed by atoms with Crippen LogP contribution in [-0.2, 0) is 13.2 Å². The van der Waals surface area contributed by atoms with Crippen LogP contribution in [0.15, 0.2) is 48.5 Å². The van der Waals surface area contributed by atoms with Crippen molar-refractivity contribution in [3.05, 3.63) is 59.1 Å². The Balaban J connectivity index is 1.70. The van der Waals surface area contributed by atoms with Crippen molar-refractivity contribution in [3.8, 4) is 5.75 Å². The number of benzene rings is 2. The van der Waals surface area contributed by atoms with E-state index < -0.39 is 0 Å². The molecule has 1 aromatic heterocycles. The van der Waals surface area contributed by atoms with Crippen molar-refractivity contribution in [1.82, 2.24) is 4.98 Å². The van der Waals surface area contributed by atoms with Crippen molar-refractivity contribution in [2.75, 3.05) is 0 Å². The fraction of sp³-hybridized carbons (Fsp3) is 0.133. The van der Waals surface area contributed by atoms with Gasteiger partial charge in [-0.1, -0.05) is 24.3 Å². The van der Waals surface area contributed by atoms with Gasteiger partial charge in [-0.2, -0.15) is 0 Å². The second kappa shape index (κ2) is 5.38. The van der Waals surface area contributed by atoms with Crippen molar-refractivity contribution in [1.29, 1.82) is 0 Å². The van der Waals surface area contributed by atoms with Crippen LogP contribution in [-0.4, -0.2) is 10.1 Å². The van der Waals surface area contributed by atoms with Gasteiger partial charge < -0.3 is 9.84 Å². The number of hydrogen-bond donors (Lipinski definition) is 1. The highest BCUT2D eigenvalue weighted by Crippen LogP contribution is 2.23. The molecule has 4 heteroatoms. The highest BCUT2D eigenvalue weighted by molar-refractivity contribution is 7.18. The van der Waals surface area contributed by atoms with Gasteiger partial charge >= 0.3 is 0 Å². The van der Waals surface area contributed by atoms with Crippen LogP contribution in [0.3, 0.4) is 0 Å². The molecule has 0 spiro atoms. The summed E-state index contributed by atoms with van der Waals surface area (Å²) in [4.78, 5) is 4.52. The Labute approximate surface area is 115 Å². The standard InChI is InChI=1S/C15H13NO2S/c17-9-11-5-7-12(8-6-11)18-10-15-16-13-3-1-2-4-14(13)19-15/h1-8,17H,9-10H2. The minimum atomic E-state index is 0.0537. The molecule has 3 rings (SSSR count). The topological polar surface area (TPSA) is 42.4 Å². The molecule has 0 saturated heterocycles. The fourth-order valence-electron chi connectivity index (χ4n) is 1.82. The SMILES string of the molecule is OCc1ccc(OCc2nc3ccccc3s2)cc1. The minimum Gasteiger partial charge on any atom is -0.486 e. The Kier molecular flexibility index (Phi) is 3.44. The van der Waals surface area contributed by atoms with E-state index in [0.717, 1.165) is 21.8 Å². The number of para-hydroxylation sites is 1. The van der Waals surface area contributed by atoms with Crippen LogP contribution >= 0.6 is 11.3 Å². The Morgan fingerprint density at radius 1 is 1.05 bits per heavy atom. The Morgan fingerprint density at radius 3 is 2.58 bits per heavy atom. The molecular formula is C15H13NO2S. The highest BCUT2D eigenvalue weighted by atomic mass is 32.1. The number of hydrogen-bond acceptors (Lipinski definition) is 4. The number of fused-ring (bicyclic) bond motifs is 1. The molecule has 0 amide bonds. The first-order valence-electron chi connectivity index (χ1n) is 6.02. The molecule has 0 atom stereocenters. The van der Waals surface area contributed by atoms with Gasteiger partial charge in [0.05, 0.1) is 16.8 Å². The van der Waals surface area contributed by atoms with E-state index in [1.165, 1.54) is 4.70 Å². The van der Waals surface area contributed by atoms with E-state index in [1.807, 2.05) is 42.5 Å².